The van der Waals surface area contributed by atoms with Gasteiger partial charge in [-0.15, -0.1) is 0 Å². The van der Waals surface area contributed by atoms with Crippen molar-refractivity contribution in [1.82, 2.24) is 4.90 Å². The maximum atomic E-state index is 12.7. The first kappa shape index (κ1) is 17.4. The minimum absolute atomic E-state index is 0.123. The summed E-state index contributed by atoms with van der Waals surface area (Å²) in [5.74, 6) is 2.61. The van der Waals surface area contributed by atoms with Crippen LogP contribution in [0.1, 0.15) is 32.8 Å². The van der Waals surface area contributed by atoms with Gasteiger partial charge in [-0.1, -0.05) is 19.9 Å². The maximum Gasteiger partial charge on any atom is 0.249 e. The maximum absolute atomic E-state index is 12.7. The lowest BCUT2D eigenvalue weighted by Gasteiger charge is -2.35. The average molecular weight is 317 g/mol. The van der Waals surface area contributed by atoms with Gasteiger partial charge in [-0.05, 0) is 49.0 Å². The lowest BCUT2D eigenvalue weighted by molar-refractivity contribution is -0.129. The second-order valence-corrected chi connectivity index (χ2v) is 6.60. The van der Waals surface area contributed by atoms with Crippen molar-refractivity contribution in [2.75, 3.05) is 27.3 Å². The summed E-state index contributed by atoms with van der Waals surface area (Å²) in [6.45, 7) is 8.00. The molecule has 1 fully saturated rings. The highest BCUT2D eigenvalue weighted by Crippen LogP contribution is 2.29. The summed E-state index contributed by atoms with van der Waals surface area (Å²) < 4.78 is 10.6. The second-order valence-electron chi connectivity index (χ2n) is 6.60. The van der Waals surface area contributed by atoms with Crippen LogP contribution in [0, 0.1) is 11.8 Å². The van der Waals surface area contributed by atoms with Crippen LogP contribution in [-0.4, -0.2) is 38.1 Å². The van der Waals surface area contributed by atoms with Gasteiger partial charge >= 0.3 is 0 Å². The molecule has 23 heavy (non-hydrogen) atoms. The number of hydrogen-bond acceptors (Lipinski definition) is 3. The number of rotatable bonds is 4. The third-order valence-corrected chi connectivity index (χ3v) is 4.28. The van der Waals surface area contributed by atoms with Gasteiger partial charge in [0.15, 0.2) is 11.5 Å². The smallest absolute Gasteiger partial charge is 0.249 e. The van der Waals surface area contributed by atoms with Crippen LogP contribution in [0.15, 0.2) is 23.8 Å². The molecule has 1 saturated heterocycles. The third kappa shape index (κ3) is 4.27. The van der Waals surface area contributed by atoms with Crippen molar-refractivity contribution in [3.8, 4) is 11.5 Å². The van der Waals surface area contributed by atoms with E-state index in [1.807, 2.05) is 36.1 Å². The van der Waals surface area contributed by atoms with Crippen LogP contribution in [0.5, 0.6) is 11.5 Å². The van der Waals surface area contributed by atoms with Crippen LogP contribution in [-0.2, 0) is 4.79 Å². The van der Waals surface area contributed by atoms with Gasteiger partial charge in [0.2, 0.25) is 5.91 Å². The highest BCUT2D eigenvalue weighted by atomic mass is 16.5. The molecule has 0 aliphatic carbocycles. The molecule has 1 aliphatic heterocycles. The number of likely N-dealkylation sites (tertiary alicyclic amines) is 1. The van der Waals surface area contributed by atoms with E-state index in [1.165, 1.54) is 6.42 Å². The average Bonchev–Trinajstić information content (AvgIpc) is 2.52. The molecule has 1 amide bonds. The summed E-state index contributed by atoms with van der Waals surface area (Å²) >= 11 is 0. The molecule has 4 nitrogen and oxygen atoms in total. The zero-order chi connectivity index (χ0) is 17.0. The number of carbonyl (C=O) groups is 1. The molecular weight excluding hydrogens is 290 g/mol. The molecule has 1 heterocycles. The molecule has 0 aromatic heterocycles. The van der Waals surface area contributed by atoms with E-state index in [1.54, 1.807) is 14.2 Å². The number of amides is 1. The van der Waals surface area contributed by atoms with Crippen molar-refractivity contribution in [2.45, 2.75) is 27.2 Å². The lowest BCUT2D eigenvalue weighted by Crippen LogP contribution is -2.42. The van der Waals surface area contributed by atoms with E-state index in [-0.39, 0.29) is 5.91 Å². The van der Waals surface area contributed by atoms with Gasteiger partial charge in [0.05, 0.1) is 14.2 Å². The number of methoxy groups -OCH3 is 2. The van der Waals surface area contributed by atoms with Crippen molar-refractivity contribution < 1.29 is 14.3 Å². The molecule has 2 atom stereocenters. The molecule has 0 N–H and O–H groups in total. The fraction of sp³-hybridized carbons (Fsp3) is 0.526. The van der Waals surface area contributed by atoms with Crippen molar-refractivity contribution in [3.05, 3.63) is 29.3 Å². The molecule has 0 radical (unpaired) electrons. The van der Waals surface area contributed by atoms with Gasteiger partial charge in [-0.25, -0.2) is 0 Å². The van der Waals surface area contributed by atoms with Crippen LogP contribution in [0.2, 0.25) is 0 Å². The van der Waals surface area contributed by atoms with E-state index in [0.29, 0.717) is 23.3 Å². The normalized spacial score (nSPS) is 22.0. The standard InChI is InChI=1S/C19H27NO3/c1-13-8-14(2)12-20(11-13)19(21)15(3)9-16-6-7-17(22-4)18(10-16)23-5/h6-7,9-10,13-14H,8,11-12H2,1-5H3/b15-9+. The Bertz CT molecular complexity index is 584. The topological polar surface area (TPSA) is 38.8 Å². The van der Waals surface area contributed by atoms with E-state index < -0.39 is 0 Å². The van der Waals surface area contributed by atoms with E-state index in [2.05, 4.69) is 13.8 Å². The van der Waals surface area contributed by atoms with Crippen LogP contribution in [0.3, 0.4) is 0 Å². The zero-order valence-electron chi connectivity index (χ0n) is 14.8. The molecule has 1 aromatic rings. The number of piperidine rings is 1. The Morgan fingerprint density at radius 2 is 1.74 bits per heavy atom. The van der Waals surface area contributed by atoms with Crippen molar-refractivity contribution in [1.29, 1.82) is 0 Å². The Balaban J connectivity index is 2.17. The van der Waals surface area contributed by atoms with Crippen molar-refractivity contribution in [3.63, 3.8) is 0 Å². The first-order chi connectivity index (χ1) is 10.9. The molecule has 0 saturated carbocycles. The van der Waals surface area contributed by atoms with Gasteiger partial charge in [-0.2, -0.15) is 0 Å². The Labute approximate surface area is 139 Å². The summed E-state index contributed by atoms with van der Waals surface area (Å²) in [6.07, 6.45) is 3.11. The van der Waals surface area contributed by atoms with Gasteiger partial charge in [-0.3, -0.25) is 4.79 Å². The Kier molecular flexibility index (Phi) is 5.69. The minimum Gasteiger partial charge on any atom is -0.493 e. The summed E-state index contributed by atoms with van der Waals surface area (Å²) in [5, 5.41) is 0. The number of benzene rings is 1. The Morgan fingerprint density at radius 3 is 2.30 bits per heavy atom. The largest absolute Gasteiger partial charge is 0.493 e. The van der Waals surface area contributed by atoms with Gasteiger partial charge in [0.25, 0.3) is 0 Å². The highest BCUT2D eigenvalue weighted by Gasteiger charge is 2.25. The van der Waals surface area contributed by atoms with E-state index in [4.69, 9.17) is 9.47 Å². The number of carbonyl (C=O) groups excluding carboxylic acids is 1. The molecule has 0 spiro atoms. The third-order valence-electron chi connectivity index (χ3n) is 4.28. The van der Waals surface area contributed by atoms with Crippen LogP contribution in [0.25, 0.3) is 6.08 Å². The van der Waals surface area contributed by atoms with Gasteiger partial charge < -0.3 is 14.4 Å². The number of hydrogen-bond donors (Lipinski definition) is 0. The minimum atomic E-state index is 0.123. The molecule has 2 unspecified atom stereocenters. The lowest BCUT2D eigenvalue weighted by atomic mass is 9.91. The zero-order valence-corrected chi connectivity index (χ0v) is 14.8. The monoisotopic (exact) mass is 317 g/mol. The molecular formula is C19H27NO3. The summed E-state index contributed by atoms with van der Waals surface area (Å²) in [4.78, 5) is 14.7. The first-order valence-corrected chi connectivity index (χ1v) is 8.14. The summed E-state index contributed by atoms with van der Waals surface area (Å²) in [6, 6.07) is 5.67. The first-order valence-electron chi connectivity index (χ1n) is 8.14. The fourth-order valence-electron chi connectivity index (χ4n) is 3.33. The Morgan fingerprint density at radius 1 is 1.13 bits per heavy atom. The molecule has 4 heteroatoms. The Hall–Kier alpha value is -1.97. The van der Waals surface area contributed by atoms with Gasteiger partial charge in [0, 0.05) is 18.7 Å². The quantitative estimate of drug-likeness (QED) is 0.796. The van der Waals surface area contributed by atoms with E-state index in [9.17, 15) is 4.79 Å². The van der Waals surface area contributed by atoms with Crippen molar-refractivity contribution >= 4 is 12.0 Å². The van der Waals surface area contributed by atoms with Crippen molar-refractivity contribution in [2.24, 2.45) is 11.8 Å². The van der Waals surface area contributed by atoms with Crippen LogP contribution >= 0.6 is 0 Å². The molecule has 2 rings (SSSR count). The SMILES string of the molecule is COc1ccc(/C=C(\C)C(=O)N2CC(C)CC(C)C2)cc1OC. The summed E-state index contributed by atoms with van der Waals surface area (Å²) in [7, 11) is 3.22. The molecule has 0 bridgehead atoms. The second kappa shape index (κ2) is 7.53. The van der Waals surface area contributed by atoms with Crippen LogP contribution in [0.4, 0.5) is 0 Å². The van der Waals surface area contributed by atoms with E-state index in [0.717, 1.165) is 24.2 Å². The molecule has 1 aromatic carbocycles. The van der Waals surface area contributed by atoms with Crippen LogP contribution < -0.4 is 9.47 Å². The molecule has 126 valence electrons. The number of ether oxygens (including phenoxy) is 2. The summed E-state index contributed by atoms with van der Waals surface area (Å²) in [5.41, 5.74) is 1.69. The van der Waals surface area contributed by atoms with Gasteiger partial charge in [0.1, 0.15) is 0 Å². The predicted molar refractivity (Wildman–Crippen MR) is 92.7 cm³/mol. The van der Waals surface area contributed by atoms with E-state index >= 15 is 0 Å². The number of nitrogens with zero attached hydrogens (tertiary/aromatic N) is 1. The fourth-order valence-corrected chi connectivity index (χ4v) is 3.33. The molecule has 1 aliphatic rings. The highest BCUT2D eigenvalue weighted by molar-refractivity contribution is 5.97. The predicted octanol–water partition coefficient (Wildman–Crippen LogP) is 3.61.